The molecule has 27 heavy (non-hydrogen) atoms. The molecule has 0 unspecified atom stereocenters. The molecular weight excluding hydrogens is 374 g/mol. The number of rotatable bonds is 5. The zero-order valence-corrected chi connectivity index (χ0v) is 14.8. The Hall–Kier alpha value is -3.26. The highest BCUT2D eigenvalue weighted by molar-refractivity contribution is 6.30. The minimum atomic E-state index is -0.608. The number of imide groups is 1. The van der Waals surface area contributed by atoms with Crippen molar-refractivity contribution in [2.75, 3.05) is 0 Å². The van der Waals surface area contributed by atoms with Crippen LogP contribution in [0.2, 0.25) is 5.02 Å². The van der Waals surface area contributed by atoms with Gasteiger partial charge in [-0.2, -0.15) is 5.01 Å². The standard InChI is InChI=1S/C18H14ClN3O5/c19-14-5-1-12(2-6-14)11-20(21-16(23)9-10-17(21)24)18(25)13-3-7-15(8-4-13)22(26)27/h1-8H,9-11H2. The summed E-state index contributed by atoms with van der Waals surface area (Å²) in [7, 11) is 0. The molecule has 0 atom stereocenters. The fraction of sp³-hybridized carbons (Fsp3) is 0.167. The van der Waals surface area contributed by atoms with Crippen LogP contribution in [0.3, 0.4) is 0 Å². The summed E-state index contributed by atoms with van der Waals surface area (Å²) in [5, 5.41) is 13.2. The largest absolute Gasteiger partial charge is 0.273 e. The Kier molecular flexibility index (Phi) is 5.18. The van der Waals surface area contributed by atoms with Gasteiger partial charge in [-0.3, -0.25) is 24.5 Å². The Labute approximate surface area is 159 Å². The lowest BCUT2D eigenvalue weighted by molar-refractivity contribution is -0.384. The van der Waals surface area contributed by atoms with Crippen LogP contribution in [0.1, 0.15) is 28.8 Å². The number of benzene rings is 2. The van der Waals surface area contributed by atoms with E-state index in [9.17, 15) is 24.5 Å². The molecule has 2 aromatic rings. The van der Waals surface area contributed by atoms with E-state index in [1.54, 1.807) is 24.3 Å². The highest BCUT2D eigenvalue weighted by Crippen LogP contribution is 2.22. The van der Waals surface area contributed by atoms with Crippen molar-refractivity contribution in [1.82, 2.24) is 10.0 Å². The smallest absolute Gasteiger partial charge is 0.273 e. The molecule has 1 aliphatic heterocycles. The molecule has 8 nitrogen and oxygen atoms in total. The van der Waals surface area contributed by atoms with Gasteiger partial charge in [0.25, 0.3) is 11.6 Å². The maximum atomic E-state index is 13.0. The molecule has 1 fully saturated rings. The average molecular weight is 388 g/mol. The van der Waals surface area contributed by atoms with E-state index in [0.717, 1.165) is 10.0 Å². The second-order valence-corrected chi connectivity index (χ2v) is 6.33. The fourth-order valence-corrected chi connectivity index (χ4v) is 2.83. The van der Waals surface area contributed by atoms with Crippen LogP contribution in [0.15, 0.2) is 48.5 Å². The Balaban J connectivity index is 1.93. The predicted molar refractivity (Wildman–Crippen MR) is 95.5 cm³/mol. The van der Waals surface area contributed by atoms with Gasteiger partial charge in [-0.1, -0.05) is 23.7 Å². The number of nitro benzene ring substituents is 1. The summed E-state index contributed by atoms with van der Waals surface area (Å²) in [6.07, 6.45) is 0.0625. The lowest BCUT2D eigenvalue weighted by Gasteiger charge is -2.30. The van der Waals surface area contributed by atoms with Crippen LogP contribution in [0.4, 0.5) is 5.69 Å². The first-order valence-electron chi connectivity index (χ1n) is 8.03. The Morgan fingerprint density at radius 2 is 1.59 bits per heavy atom. The highest BCUT2D eigenvalue weighted by atomic mass is 35.5. The van der Waals surface area contributed by atoms with Gasteiger partial charge in [-0.15, -0.1) is 0 Å². The molecule has 0 radical (unpaired) electrons. The van der Waals surface area contributed by atoms with Gasteiger partial charge in [0.2, 0.25) is 11.8 Å². The number of carbonyl (C=O) groups is 3. The molecular formula is C18H14ClN3O5. The van der Waals surface area contributed by atoms with Crippen molar-refractivity contribution >= 4 is 35.0 Å². The topological polar surface area (TPSA) is 101 Å². The summed E-state index contributed by atoms with van der Waals surface area (Å²) in [6, 6.07) is 11.6. The Bertz CT molecular complexity index is 896. The molecule has 1 aliphatic rings. The molecule has 0 saturated carbocycles. The van der Waals surface area contributed by atoms with E-state index in [1.807, 2.05) is 0 Å². The van der Waals surface area contributed by atoms with Crippen LogP contribution in [-0.4, -0.2) is 32.7 Å². The first kappa shape index (κ1) is 18.5. The van der Waals surface area contributed by atoms with Gasteiger partial charge in [-0.25, -0.2) is 5.01 Å². The van der Waals surface area contributed by atoms with Crippen molar-refractivity contribution in [3.05, 3.63) is 74.8 Å². The van der Waals surface area contributed by atoms with Gasteiger partial charge in [-0.05, 0) is 29.8 Å². The van der Waals surface area contributed by atoms with E-state index < -0.39 is 22.6 Å². The Morgan fingerprint density at radius 1 is 1.04 bits per heavy atom. The maximum absolute atomic E-state index is 13.0. The monoisotopic (exact) mass is 387 g/mol. The number of non-ortho nitro benzene ring substituents is 1. The van der Waals surface area contributed by atoms with Crippen LogP contribution in [0.25, 0.3) is 0 Å². The quantitative estimate of drug-likeness (QED) is 0.446. The highest BCUT2D eigenvalue weighted by Gasteiger charge is 2.37. The number of carbonyl (C=O) groups excluding carboxylic acids is 3. The van der Waals surface area contributed by atoms with Crippen molar-refractivity contribution < 1.29 is 19.3 Å². The van der Waals surface area contributed by atoms with E-state index in [1.165, 1.54) is 24.3 Å². The molecule has 1 heterocycles. The molecule has 0 N–H and O–H groups in total. The average Bonchev–Trinajstić information content (AvgIpc) is 2.99. The van der Waals surface area contributed by atoms with Gasteiger partial charge >= 0.3 is 0 Å². The van der Waals surface area contributed by atoms with Crippen molar-refractivity contribution in [2.45, 2.75) is 19.4 Å². The molecule has 0 bridgehead atoms. The minimum absolute atomic E-state index is 0.0233. The van der Waals surface area contributed by atoms with Gasteiger partial charge in [0, 0.05) is 35.6 Å². The summed E-state index contributed by atoms with van der Waals surface area (Å²) in [4.78, 5) is 47.5. The summed E-state index contributed by atoms with van der Waals surface area (Å²) >= 11 is 5.87. The zero-order chi connectivity index (χ0) is 19.6. The van der Waals surface area contributed by atoms with Crippen LogP contribution in [0, 0.1) is 10.1 Å². The lowest BCUT2D eigenvalue weighted by atomic mass is 10.1. The first-order valence-corrected chi connectivity index (χ1v) is 8.41. The van der Waals surface area contributed by atoms with Gasteiger partial charge in [0.05, 0.1) is 11.5 Å². The van der Waals surface area contributed by atoms with Crippen LogP contribution < -0.4 is 0 Å². The number of hydrogen-bond acceptors (Lipinski definition) is 5. The van der Waals surface area contributed by atoms with Crippen molar-refractivity contribution in [3.63, 3.8) is 0 Å². The molecule has 3 rings (SSSR count). The summed E-state index contributed by atoms with van der Waals surface area (Å²) < 4.78 is 0. The fourth-order valence-electron chi connectivity index (χ4n) is 2.70. The van der Waals surface area contributed by atoms with Crippen LogP contribution in [0.5, 0.6) is 0 Å². The van der Waals surface area contributed by atoms with Crippen molar-refractivity contribution in [1.29, 1.82) is 0 Å². The number of amides is 3. The maximum Gasteiger partial charge on any atom is 0.273 e. The Morgan fingerprint density at radius 3 is 2.11 bits per heavy atom. The molecule has 0 spiro atoms. The van der Waals surface area contributed by atoms with Gasteiger partial charge in [0.1, 0.15) is 0 Å². The van der Waals surface area contributed by atoms with Crippen LogP contribution >= 0.6 is 11.6 Å². The second-order valence-electron chi connectivity index (χ2n) is 5.89. The van der Waals surface area contributed by atoms with E-state index in [0.29, 0.717) is 10.6 Å². The summed E-state index contributed by atoms with van der Waals surface area (Å²) in [6.45, 7) is -0.0233. The van der Waals surface area contributed by atoms with E-state index in [4.69, 9.17) is 11.6 Å². The molecule has 1 saturated heterocycles. The van der Waals surface area contributed by atoms with E-state index >= 15 is 0 Å². The molecule has 138 valence electrons. The van der Waals surface area contributed by atoms with Crippen molar-refractivity contribution in [3.8, 4) is 0 Å². The predicted octanol–water partition coefficient (Wildman–Crippen LogP) is 2.95. The normalized spacial score (nSPS) is 13.7. The second kappa shape index (κ2) is 7.55. The third-order valence-electron chi connectivity index (χ3n) is 4.07. The first-order chi connectivity index (χ1) is 12.9. The summed E-state index contributed by atoms with van der Waals surface area (Å²) in [5.41, 5.74) is 0.633. The number of nitrogens with zero attached hydrogens (tertiary/aromatic N) is 3. The molecule has 3 amide bonds. The third kappa shape index (κ3) is 3.95. The van der Waals surface area contributed by atoms with Crippen molar-refractivity contribution in [2.24, 2.45) is 0 Å². The molecule has 2 aromatic carbocycles. The number of hydrogen-bond donors (Lipinski definition) is 0. The molecule has 0 aromatic heterocycles. The summed E-state index contributed by atoms with van der Waals surface area (Å²) in [5.74, 6) is -1.54. The molecule has 9 heteroatoms. The van der Waals surface area contributed by atoms with Gasteiger partial charge in [0.15, 0.2) is 0 Å². The third-order valence-corrected chi connectivity index (χ3v) is 4.32. The van der Waals surface area contributed by atoms with Crippen LogP contribution in [-0.2, 0) is 16.1 Å². The van der Waals surface area contributed by atoms with E-state index in [-0.39, 0.29) is 30.6 Å². The van der Waals surface area contributed by atoms with E-state index in [2.05, 4.69) is 0 Å². The number of halogens is 1. The number of hydrazine groups is 1. The molecule has 0 aliphatic carbocycles. The number of nitro groups is 1. The minimum Gasteiger partial charge on any atom is -0.273 e. The van der Waals surface area contributed by atoms with Gasteiger partial charge < -0.3 is 0 Å². The SMILES string of the molecule is O=C(c1ccc([N+](=O)[O-])cc1)N(Cc1ccc(Cl)cc1)N1C(=O)CCC1=O. The zero-order valence-electron chi connectivity index (χ0n) is 14.0. The lowest BCUT2D eigenvalue weighted by Crippen LogP contribution is -2.48.